The molecular formula is C13H26. The van der Waals surface area contributed by atoms with Gasteiger partial charge in [-0.15, -0.1) is 0 Å². The summed E-state index contributed by atoms with van der Waals surface area (Å²) in [6.07, 6.45) is 14.4. The van der Waals surface area contributed by atoms with Crippen LogP contribution in [0.4, 0.5) is 0 Å². The zero-order chi connectivity index (χ0) is 9.94. The van der Waals surface area contributed by atoms with Crippen LogP contribution in [0, 0.1) is 5.92 Å². The summed E-state index contributed by atoms with van der Waals surface area (Å²) in [7, 11) is 0. The fourth-order valence-electron chi connectivity index (χ4n) is 1.41. The molecule has 0 aromatic rings. The van der Waals surface area contributed by atoms with E-state index in [0.717, 1.165) is 5.92 Å². The van der Waals surface area contributed by atoms with Crippen LogP contribution in [0.1, 0.15) is 65.7 Å². The zero-order valence-corrected chi connectivity index (χ0v) is 9.68. The van der Waals surface area contributed by atoms with Gasteiger partial charge in [0.15, 0.2) is 0 Å². The highest BCUT2D eigenvalue weighted by atomic mass is 13.9. The number of allylic oxidation sites excluding steroid dienone is 2. The lowest BCUT2D eigenvalue weighted by molar-refractivity contribution is 0.610. The van der Waals surface area contributed by atoms with Crippen molar-refractivity contribution in [3.05, 3.63) is 12.2 Å². The molecule has 78 valence electrons. The lowest BCUT2D eigenvalue weighted by Crippen LogP contribution is -1.79. The molecule has 0 bridgehead atoms. The molecule has 0 aromatic heterocycles. The molecule has 0 aliphatic heterocycles. The van der Waals surface area contributed by atoms with Crippen LogP contribution in [-0.4, -0.2) is 0 Å². The summed E-state index contributed by atoms with van der Waals surface area (Å²) in [6.45, 7) is 6.74. The summed E-state index contributed by atoms with van der Waals surface area (Å²) in [5.41, 5.74) is 0. The second kappa shape index (κ2) is 9.83. The summed E-state index contributed by atoms with van der Waals surface area (Å²) >= 11 is 0. The SMILES string of the molecule is CCCCCCCC/C=C\C(C)C. The number of hydrogen-bond acceptors (Lipinski definition) is 0. The van der Waals surface area contributed by atoms with Crippen LogP contribution in [0.15, 0.2) is 12.2 Å². The fraction of sp³-hybridized carbons (Fsp3) is 0.846. The summed E-state index contributed by atoms with van der Waals surface area (Å²) in [6, 6.07) is 0. The maximum Gasteiger partial charge on any atom is -0.0290 e. The van der Waals surface area contributed by atoms with E-state index in [1.807, 2.05) is 0 Å². The van der Waals surface area contributed by atoms with E-state index in [0.29, 0.717) is 0 Å². The minimum atomic E-state index is 0.722. The molecule has 0 saturated carbocycles. The van der Waals surface area contributed by atoms with E-state index < -0.39 is 0 Å². The second-order valence-electron chi connectivity index (χ2n) is 4.23. The van der Waals surface area contributed by atoms with Gasteiger partial charge in [0.2, 0.25) is 0 Å². The van der Waals surface area contributed by atoms with E-state index >= 15 is 0 Å². The van der Waals surface area contributed by atoms with Gasteiger partial charge in [-0.3, -0.25) is 0 Å². The summed E-state index contributed by atoms with van der Waals surface area (Å²) in [4.78, 5) is 0. The van der Waals surface area contributed by atoms with Crippen molar-refractivity contribution in [2.24, 2.45) is 5.92 Å². The van der Waals surface area contributed by atoms with Crippen LogP contribution in [-0.2, 0) is 0 Å². The minimum Gasteiger partial charge on any atom is -0.0883 e. The first-order valence-corrected chi connectivity index (χ1v) is 5.94. The number of rotatable bonds is 8. The van der Waals surface area contributed by atoms with Gasteiger partial charge >= 0.3 is 0 Å². The van der Waals surface area contributed by atoms with Crippen molar-refractivity contribution in [1.29, 1.82) is 0 Å². The van der Waals surface area contributed by atoms with Gasteiger partial charge in [-0.2, -0.15) is 0 Å². The second-order valence-corrected chi connectivity index (χ2v) is 4.23. The molecule has 0 radical (unpaired) electrons. The first-order chi connectivity index (χ1) is 6.27. The van der Waals surface area contributed by atoms with Gasteiger partial charge in [0, 0.05) is 0 Å². The zero-order valence-electron chi connectivity index (χ0n) is 9.68. The highest BCUT2D eigenvalue weighted by molar-refractivity contribution is 4.83. The van der Waals surface area contributed by atoms with E-state index in [1.54, 1.807) is 0 Å². The van der Waals surface area contributed by atoms with E-state index in [2.05, 4.69) is 32.9 Å². The first-order valence-electron chi connectivity index (χ1n) is 5.94. The van der Waals surface area contributed by atoms with Crippen molar-refractivity contribution in [1.82, 2.24) is 0 Å². The van der Waals surface area contributed by atoms with Crippen LogP contribution in [0.2, 0.25) is 0 Å². The molecule has 0 atom stereocenters. The molecule has 0 saturated heterocycles. The molecule has 0 nitrogen and oxygen atoms in total. The number of unbranched alkanes of at least 4 members (excludes halogenated alkanes) is 6. The van der Waals surface area contributed by atoms with Crippen LogP contribution in [0.25, 0.3) is 0 Å². The van der Waals surface area contributed by atoms with E-state index in [9.17, 15) is 0 Å². The Morgan fingerprint density at radius 2 is 1.54 bits per heavy atom. The van der Waals surface area contributed by atoms with Crippen LogP contribution in [0.5, 0.6) is 0 Å². The molecule has 0 fully saturated rings. The Hall–Kier alpha value is -0.260. The lowest BCUT2D eigenvalue weighted by atomic mass is 10.1. The molecule has 0 spiro atoms. The Bertz CT molecular complexity index is 111. The largest absolute Gasteiger partial charge is 0.0883 e. The van der Waals surface area contributed by atoms with Gasteiger partial charge in [-0.05, 0) is 18.8 Å². The average molecular weight is 182 g/mol. The van der Waals surface area contributed by atoms with Gasteiger partial charge < -0.3 is 0 Å². The Morgan fingerprint density at radius 1 is 0.923 bits per heavy atom. The molecule has 0 rings (SSSR count). The molecular weight excluding hydrogens is 156 g/mol. The summed E-state index contributed by atoms with van der Waals surface area (Å²) in [5.74, 6) is 0.722. The lowest BCUT2D eigenvalue weighted by Gasteiger charge is -1.98. The predicted molar refractivity (Wildman–Crippen MR) is 62.0 cm³/mol. The van der Waals surface area contributed by atoms with Crippen molar-refractivity contribution in [3.8, 4) is 0 Å². The Balaban J connectivity index is 2.99. The van der Waals surface area contributed by atoms with Crippen molar-refractivity contribution < 1.29 is 0 Å². The monoisotopic (exact) mass is 182 g/mol. The molecule has 0 unspecified atom stereocenters. The minimum absolute atomic E-state index is 0.722. The van der Waals surface area contributed by atoms with Crippen LogP contribution >= 0.6 is 0 Å². The molecule has 0 amide bonds. The van der Waals surface area contributed by atoms with E-state index in [-0.39, 0.29) is 0 Å². The van der Waals surface area contributed by atoms with Gasteiger partial charge in [-0.1, -0.05) is 65.0 Å². The number of hydrogen-bond donors (Lipinski definition) is 0. The quantitative estimate of drug-likeness (QED) is 0.368. The average Bonchev–Trinajstić information content (AvgIpc) is 2.09. The fourth-order valence-corrected chi connectivity index (χ4v) is 1.41. The molecule has 13 heavy (non-hydrogen) atoms. The van der Waals surface area contributed by atoms with E-state index in [1.165, 1.54) is 44.9 Å². The van der Waals surface area contributed by atoms with Crippen molar-refractivity contribution >= 4 is 0 Å². The molecule has 0 aromatic carbocycles. The predicted octanol–water partition coefficient (Wildman–Crippen LogP) is 4.95. The molecule has 0 N–H and O–H groups in total. The smallest absolute Gasteiger partial charge is 0.0290 e. The molecule has 0 aliphatic rings. The van der Waals surface area contributed by atoms with Crippen molar-refractivity contribution in [2.45, 2.75) is 65.7 Å². The third-order valence-electron chi connectivity index (χ3n) is 2.25. The van der Waals surface area contributed by atoms with Crippen molar-refractivity contribution in [2.75, 3.05) is 0 Å². The highest BCUT2D eigenvalue weighted by Gasteiger charge is 1.88. The summed E-state index contributed by atoms with van der Waals surface area (Å²) in [5, 5.41) is 0. The third kappa shape index (κ3) is 11.7. The molecule has 0 aliphatic carbocycles. The molecule has 0 heterocycles. The highest BCUT2D eigenvalue weighted by Crippen LogP contribution is 2.07. The first kappa shape index (κ1) is 12.7. The van der Waals surface area contributed by atoms with Gasteiger partial charge in [0.05, 0.1) is 0 Å². The van der Waals surface area contributed by atoms with Crippen LogP contribution in [0.3, 0.4) is 0 Å². The van der Waals surface area contributed by atoms with Gasteiger partial charge in [0.25, 0.3) is 0 Å². The van der Waals surface area contributed by atoms with E-state index in [4.69, 9.17) is 0 Å². The Labute approximate surface area is 84.4 Å². The normalized spacial score (nSPS) is 11.7. The third-order valence-corrected chi connectivity index (χ3v) is 2.25. The standard InChI is InChI=1S/C13H26/c1-4-5-6-7-8-9-10-11-12-13(2)3/h11-13H,4-10H2,1-3H3/b12-11-. The summed E-state index contributed by atoms with van der Waals surface area (Å²) < 4.78 is 0. The topological polar surface area (TPSA) is 0 Å². The van der Waals surface area contributed by atoms with Crippen LogP contribution < -0.4 is 0 Å². The Morgan fingerprint density at radius 3 is 2.15 bits per heavy atom. The molecule has 0 heteroatoms. The van der Waals surface area contributed by atoms with Crippen molar-refractivity contribution in [3.63, 3.8) is 0 Å². The Kier molecular flexibility index (Phi) is 9.63. The van der Waals surface area contributed by atoms with Gasteiger partial charge in [-0.25, -0.2) is 0 Å². The van der Waals surface area contributed by atoms with Gasteiger partial charge in [0.1, 0.15) is 0 Å². The maximum absolute atomic E-state index is 2.34. The maximum atomic E-state index is 2.34.